The second kappa shape index (κ2) is 6.52. The molecule has 0 radical (unpaired) electrons. The Hall–Kier alpha value is -1.88. The van der Waals surface area contributed by atoms with E-state index in [4.69, 9.17) is 9.84 Å². The predicted molar refractivity (Wildman–Crippen MR) is 73.9 cm³/mol. The number of carboxylic acids is 1. The molecule has 108 valence electrons. The number of hydrogen-bond donors (Lipinski definition) is 1. The normalized spacial score (nSPS) is 18.2. The summed E-state index contributed by atoms with van der Waals surface area (Å²) < 4.78 is 5.39. The summed E-state index contributed by atoms with van der Waals surface area (Å²) in [6.07, 6.45) is 0.957. The summed E-state index contributed by atoms with van der Waals surface area (Å²) in [4.78, 5) is 24.9. The van der Waals surface area contributed by atoms with Crippen molar-refractivity contribution in [1.82, 2.24) is 4.90 Å². The summed E-state index contributed by atoms with van der Waals surface area (Å²) >= 11 is 0. The summed E-state index contributed by atoms with van der Waals surface area (Å²) in [5.41, 5.74) is 0.726. The molecule has 1 heterocycles. The average Bonchev–Trinajstić information content (AvgIpc) is 2.93. The van der Waals surface area contributed by atoms with E-state index in [1.165, 1.54) is 12.1 Å². The third-order valence-electron chi connectivity index (χ3n) is 3.51. The van der Waals surface area contributed by atoms with Gasteiger partial charge >= 0.3 is 5.97 Å². The van der Waals surface area contributed by atoms with E-state index in [1.807, 2.05) is 6.92 Å². The van der Waals surface area contributed by atoms with Crippen molar-refractivity contribution in [2.24, 2.45) is 5.92 Å². The fraction of sp³-hybridized carbons (Fsp3) is 0.467. The number of ether oxygens (including phenoxy) is 1. The Morgan fingerprint density at radius 3 is 2.55 bits per heavy atom. The molecule has 0 spiro atoms. The van der Waals surface area contributed by atoms with Crippen molar-refractivity contribution in [2.45, 2.75) is 13.3 Å². The van der Waals surface area contributed by atoms with E-state index < -0.39 is 5.97 Å². The van der Waals surface area contributed by atoms with Crippen molar-refractivity contribution in [3.63, 3.8) is 0 Å². The highest BCUT2D eigenvalue weighted by Crippen LogP contribution is 2.19. The summed E-state index contributed by atoms with van der Waals surface area (Å²) in [6, 6.07) is 6.07. The summed E-state index contributed by atoms with van der Waals surface area (Å²) in [7, 11) is 0. The first-order valence-electron chi connectivity index (χ1n) is 6.82. The number of aromatic carboxylic acids is 1. The standard InChI is InChI=1S/C15H19NO4/c1-2-20-10-11-7-8-16(9-11)14(17)12-3-5-13(6-4-12)15(18)19/h3-6,11H,2,7-10H2,1H3,(H,18,19). The van der Waals surface area contributed by atoms with E-state index in [2.05, 4.69) is 0 Å². The van der Waals surface area contributed by atoms with Crippen LogP contribution in [0.15, 0.2) is 24.3 Å². The highest BCUT2D eigenvalue weighted by atomic mass is 16.5. The van der Waals surface area contributed by atoms with Gasteiger partial charge in [0.25, 0.3) is 5.91 Å². The van der Waals surface area contributed by atoms with Crippen LogP contribution in [0.5, 0.6) is 0 Å². The van der Waals surface area contributed by atoms with Crippen LogP contribution in [0.4, 0.5) is 0 Å². The minimum atomic E-state index is -0.984. The van der Waals surface area contributed by atoms with Crippen molar-refractivity contribution < 1.29 is 19.4 Å². The Labute approximate surface area is 118 Å². The van der Waals surface area contributed by atoms with E-state index in [1.54, 1.807) is 17.0 Å². The van der Waals surface area contributed by atoms with Crippen LogP contribution in [-0.4, -0.2) is 48.2 Å². The molecule has 2 rings (SSSR count). The molecule has 1 atom stereocenters. The van der Waals surface area contributed by atoms with Crippen molar-refractivity contribution in [2.75, 3.05) is 26.3 Å². The topological polar surface area (TPSA) is 66.8 Å². The molecule has 1 fully saturated rings. The molecule has 20 heavy (non-hydrogen) atoms. The SMILES string of the molecule is CCOCC1CCN(C(=O)c2ccc(C(=O)O)cc2)C1. The molecule has 1 amide bonds. The molecule has 0 aliphatic carbocycles. The van der Waals surface area contributed by atoms with Crippen LogP contribution in [-0.2, 0) is 4.74 Å². The Balaban J connectivity index is 1.96. The van der Waals surface area contributed by atoms with Gasteiger partial charge in [-0.25, -0.2) is 4.79 Å². The molecule has 5 nitrogen and oxygen atoms in total. The average molecular weight is 277 g/mol. The van der Waals surface area contributed by atoms with Crippen LogP contribution in [0, 0.1) is 5.92 Å². The van der Waals surface area contributed by atoms with Gasteiger partial charge in [0.2, 0.25) is 0 Å². The molecule has 1 unspecified atom stereocenters. The second-order valence-corrected chi connectivity index (χ2v) is 4.95. The molecule has 1 aliphatic rings. The molecule has 1 N–H and O–H groups in total. The van der Waals surface area contributed by atoms with Gasteiger partial charge in [-0.2, -0.15) is 0 Å². The summed E-state index contributed by atoms with van der Waals surface area (Å²) in [5, 5.41) is 8.83. The lowest BCUT2D eigenvalue weighted by atomic mass is 10.1. The maximum absolute atomic E-state index is 12.3. The van der Waals surface area contributed by atoms with Crippen LogP contribution in [0.1, 0.15) is 34.1 Å². The third-order valence-corrected chi connectivity index (χ3v) is 3.51. The van der Waals surface area contributed by atoms with Gasteiger partial charge in [0.05, 0.1) is 12.2 Å². The van der Waals surface area contributed by atoms with Crippen molar-refractivity contribution >= 4 is 11.9 Å². The molecule has 1 aromatic rings. The zero-order valence-corrected chi connectivity index (χ0v) is 11.5. The maximum atomic E-state index is 12.3. The lowest BCUT2D eigenvalue weighted by Crippen LogP contribution is -2.29. The number of nitrogens with zero attached hydrogens (tertiary/aromatic N) is 1. The number of carbonyl (C=O) groups is 2. The zero-order valence-electron chi connectivity index (χ0n) is 11.5. The Morgan fingerprint density at radius 1 is 1.30 bits per heavy atom. The molecule has 1 aromatic carbocycles. The van der Waals surface area contributed by atoms with Gasteiger partial charge in [0, 0.05) is 31.2 Å². The van der Waals surface area contributed by atoms with Crippen LogP contribution in [0.2, 0.25) is 0 Å². The van der Waals surface area contributed by atoms with Gasteiger partial charge in [-0.1, -0.05) is 0 Å². The van der Waals surface area contributed by atoms with Gasteiger partial charge in [-0.15, -0.1) is 0 Å². The monoisotopic (exact) mass is 277 g/mol. The smallest absolute Gasteiger partial charge is 0.335 e. The third kappa shape index (κ3) is 3.36. The maximum Gasteiger partial charge on any atom is 0.335 e. The van der Waals surface area contributed by atoms with Gasteiger partial charge in [0.15, 0.2) is 0 Å². The molecular formula is C15H19NO4. The lowest BCUT2D eigenvalue weighted by molar-refractivity contribution is 0.0694. The van der Waals surface area contributed by atoms with Gasteiger partial charge in [0.1, 0.15) is 0 Å². The largest absolute Gasteiger partial charge is 0.478 e. The number of benzene rings is 1. The van der Waals surface area contributed by atoms with Crippen molar-refractivity contribution in [3.05, 3.63) is 35.4 Å². The summed E-state index contributed by atoms with van der Waals surface area (Å²) in [6.45, 7) is 4.79. The number of rotatable bonds is 5. The van der Waals surface area contributed by atoms with E-state index >= 15 is 0 Å². The minimum absolute atomic E-state index is 0.0408. The Morgan fingerprint density at radius 2 is 1.95 bits per heavy atom. The van der Waals surface area contributed by atoms with Crippen LogP contribution >= 0.6 is 0 Å². The molecule has 0 saturated carbocycles. The Kier molecular flexibility index (Phi) is 4.74. The molecule has 5 heteroatoms. The highest BCUT2D eigenvalue weighted by molar-refractivity contribution is 5.96. The van der Waals surface area contributed by atoms with Gasteiger partial charge in [-0.05, 0) is 37.6 Å². The van der Waals surface area contributed by atoms with Gasteiger partial charge in [-0.3, -0.25) is 4.79 Å². The quantitative estimate of drug-likeness (QED) is 0.892. The number of amides is 1. The minimum Gasteiger partial charge on any atom is -0.478 e. The Bertz CT molecular complexity index is 483. The number of hydrogen-bond acceptors (Lipinski definition) is 3. The lowest BCUT2D eigenvalue weighted by Gasteiger charge is -2.16. The first kappa shape index (κ1) is 14.5. The fourth-order valence-corrected chi connectivity index (χ4v) is 2.38. The molecule has 0 aromatic heterocycles. The molecule has 1 aliphatic heterocycles. The highest BCUT2D eigenvalue weighted by Gasteiger charge is 2.26. The van der Waals surface area contributed by atoms with Crippen molar-refractivity contribution in [3.8, 4) is 0 Å². The van der Waals surface area contributed by atoms with E-state index in [0.29, 0.717) is 31.2 Å². The van der Waals surface area contributed by atoms with Crippen molar-refractivity contribution in [1.29, 1.82) is 0 Å². The first-order chi connectivity index (χ1) is 9.61. The second-order valence-electron chi connectivity index (χ2n) is 4.95. The van der Waals surface area contributed by atoms with E-state index in [-0.39, 0.29) is 11.5 Å². The predicted octanol–water partition coefficient (Wildman–Crippen LogP) is 1.88. The number of carboxylic acid groups (broad SMARTS) is 1. The van der Waals surface area contributed by atoms with E-state index in [0.717, 1.165) is 13.0 Å². The molecule has 0 bridgehead atoms. The van der Waals surface area contributed by atoms with Crippen LogP contribution in [0.25, 0.3) is 0 Å². The van der Waals surface area contributed by atoms with E-state index in [9.17, 15) is 9.59 Å². The zero-order chi connectivity index (χ0) is 14.5. The number of carbonyl (C=O) groups excluding carboxylic acids is 1. The fourth-order valence-electron chi connectivity index (χ4n) is 2.38. The van der Waals surface area contributed by atoms with Gasteiger partial charge < -0.3 is 14.7 Å². The first-order valence-corrected chi connectivity index (χ1v) is 6.82. The molecular weight excluding hydrogens is 258 g/mol. The van der Waals surface area contributed by atoms with Crippen LogP contribution < -0.4 is 0 Å². The molecule has 1 saturated heterocycles. The number of likely N-dealkylation sites (tertiary alicyclic amines) is 1. The van der Waals surface area contributed by atoms with Crippen LogP contribution in [0.3, 0.4) is 0 Å². The summed E-state index contributed by atoms with van der Waals surface area (Å²) in [5.74, 6) is -0.625.